The van der Waals surface area contributed by atoms with Gasteiger partial charge in [-0.2, -0.15) is 0 Å². The van der Waals surface area contributed by atoms with E-state index in [1.165, 1.54) is 5.56 Å². The maximum absolute atomic E-state index is 11.6. The first-order valence-corrected chi connectivity index (χ1v) is 9.74. The summed E-state index contributed by atoms with van der Waals surface area (Å²) in [5, 5.41) is 0. The van der Waals surface area contributed by atoms with E-state index in [2.05, 4.69) is 25.9 Å². The molecule has 3 aromatic rings. The Morgan fingerprint density at radius 1 is 1.21 bits per heavy atom. The zero-order valence-corrected chi connectivity index (χ0v) is 16.2. The van der Waals surface area contributed by atoms with Crippen LogP contribution in [0.4, 0.5) is 5.95 Å². The van der Waals surface area contributed by atoms with E-state index in [-0.39, 0.29) is 11.9 Å². The average molecular weight is 388 g/mol. The van der Waals surface area contributed by atoms with Crippen LogP contribution in [0.25, 0.3) is 11.1 Å². The average Bonchev–Trinajstić information content (AvgIpc) is 2.75. The van der Waals surface area contributed by atoms with Crippen molar-refractivity contribution in [2.75, 3.05) is 18.8 Å². The highest BCUT2D eigenvalue weighted by Crippen LogP contribution is 2.34. The van der Waals surface area contributed by atoms with Crippen LogP contribution in [0.15, 0.2) is 55.0 Å². The number of carbonyl (C=O) groups is 1. The van der Waals surface area contributed by atoms with Crippen LogP contribution in [-0.2, 0) is 6.54 Å². The summed E-state index contributed by atoms with van der Waals surface area (Å²) in [6.07, 6.45) is 7.56. The third-order valence-electron chi connectivity index (χ3n) is 5.32. The van der Waals surface area contributed by atoms with Crippen molar-refractivity contribution in [2.24, 2.45) is 5.73 Å². The summed E-state index contributed by atoms with van der Waals surface area (Å²) < 4.78 is 0. The van der Waals surface area contributed by atoms with E-state index in [1.807, 2.05) is 24.4 Å². The quantitative estimate of drug-likeness (QED) is 0.695. The molecule has 7 heteroatoms. The number of nitrogens with two attached hydrogens (primary N) is 2. The number of pyridine rings is 1. The number of anilines is 1. The second-order valence-electron chi connectivity index (χ2n) is 7.41. The number of likely N-dealkylation sites (tertiary alicyclic amines) is 1. The van der Waals surface area contributed by atoms with Gasteiger partial charge in [-0.15, -0.1) is 0 Å². The smallest absolute Gasteiger partial charge is 0.248 e. The van der Waals surface area contributed by atoms with Gasteiger partial charge in [-0.05, 0) is 48.7 Å². The maximum atomic E-state index is 11.6. The SMILES string of the molecule is NC(=O)c1cccc(-c2cnc(N)nc2[C@@H]2CCCN(Cc3cccnc3)C2)c1. The first-order valence-electron chi connectivity index (χ1n) is 9.74. The Labute approximate surface area is 169 Å². The van der Waals surface area contributed by atoms with Crippen LogP contribution >= 0.6 is 0 Å². The number of rotatable bonds is 5. The van der Waals surface area contributed by atoms with Crippen molar-refractivity contribution >= 4 is 11.9 Å². The molecule has 1 aliphatic rings. The molecule has 2 aromatic heterocycles. The van der Waals surface area contributed by atoms with Crippen molar-refractivity contribution in [3.05, 3.63) is 71.8 Å². The van der Waals surface area contributed by atoms with Crippen molar-refractivity contribution in [1.82, 2.24) is 19.9 Å². The largest absolute Gasteiger partial charge is 0.368 e. The second-order valence-corrected chi connectivity index (χ2v) is 7.41. The number of hydrogen-bond donors (Lipinski definition) is 2. The van der Waals surface area contributed by atoms with Crippen LogP contribution in [0.5, 0.6) is 0 Å². The molecule has 7 nitrogen and oxygen atoms in total. The minimum atomic E-state index is -0.454. The molecule has 0 spiro atoms. The van der Waals surface area contributed by atoms with E-state index in [9.17, 15) is 4.79 Å². The molecule has 3 heterocycles. The number of nitrogen functional groups attached to an aromatic ring is 1. The molecule has 4 rings (SSSR count). The molecule has 1 atom stereocenters. The summed E-state index contributed by atoms with van der Waals surface area (Å²) in [6, 6.07) is 11.3. The molecule has 1 fully saturated rings. The molecular weight excluding hydrogens is 364 g/mol. The third kappa shape index (κ3) is 4.41. The zero-order valence-electron chi connectivity index (χ0n) is 16.2. The fraction of sp³-hybridized carbons (Fsp3) is 0.273. The number of nitrogens with zero attached hydrogens (tertiary/aromatic N) is 4. The van der Waals surface area contributed by atoms with Crippen LogP contribution in [0, 0.1) is 0 Å². The highest BCUT2D eigenvalue weighted by atomic mass is 16.1. The van der Waals surface area contributed by atoms with Crippen molar-refractivity contribution in [3.8, 4) is 11.1 Å². The number of aromatic nitrogens is 3. The molecule has 1 aromatic carbocycles. The van der Waals surface area contributed by atoms with Crippen molar-refractivity contribution in [2.45, 2.75) is 25.3 Å². The van der Waals surface area contributed by atoms with E-state index >= 15 is 0 Å². The number of primary amides is 1. The predicted octanol–water partition coefficient (Wildman–Crippen LogP) is 2.60. The Kier molecular flexibility index (Phi) is 5.48. The standard InChI is InChI=1S/C22H24N6O/c23-21(29)17-6-1-5-16(10-17)19-12-26-22(24)27-20(19)18-7-3-9-28(14-18)13-15-4-2-8-25-11-15/h1-2,4-6,8,10-12,18H,3,7,9,13-14H2,(H2,23,29)(H2,24,26,27)/t18-/m1/s1. The molecule has 0 radical (unpaired) electrons. The number of piperidine rings is 1. The van der Waals surface area contributed by atoms with Gasteiger partial charge in [-0.3, -0.25) is 14.7 Å². The minimum absolute atomic E-state index is 0.234. The molecule has 148 valence electrons. The first kappa shape index (κ1) is 19.0. The van der Waals surface area contributed by atoms with E-state index in [4.69, 9.17) is 11.5 Å². The Morgan fingerprint density at radius 3 is 2.90 bits per heavy atom. The summed E-state index contributed by atoms with van der Waals surface area (Å²) >= 11 is 0. The lowest BCUT2D eigenvalue weighted by Crippen LogP contribution is -2.34. The lowest BCUT2D eigenvalue weighted by molar-refractivity contribution is 0.100. The molecule has 0 aliphatic carbocycles. The van der Waals surface area contributed by atoms with Crippen LogP contribution in [0.1, 0.15) is 40.4 Å². The van der Waals surface area contributed by atoms with Crippen LogP contribution in [0.2, 0.25) is 0 Å². The number of amides is 1. The van der Waals surface area contributed by atoms with Gasteiger partial charge in [0.05, 0.1) is 5.69 Å². The van der Waals surface area contributed by atoms with E-state index < -0.39 is 5.91 Å². The molecular formula is C22H24N6O. The van der Waals surface area contributed by atoms with Gasteiger partial charge in [0.2, 0.25) is 11.9 Å². The van der Waals surface area contributed by atoms with Crippen molar-refractivity contribution in [3.63, 3.8) is 0 Å². The van der Waals surface area contributed by atoms with E-state index in [0.29, 0.717) is 5.56 Å². The number of hydrogen-bond acceptors (Lipinski definition) is 6. The molecule has 1 amide bonds. The normalized spacial score (nSPS) is 17.2. The van der Waals surface area contributed by atoms with Gasteiger partial charge in [-0.1, -0.05) is 18.2 Å². The van der Waals surface area contributed by atoms with Gasteiger partial charge >= 0.3 is 0 Å². The van der Waals surface area contributed by atoms with Crippen molar-refractivity contribution < 1.29 is 4.79 Å². The lowest BCUT2D eigenvalue weighted by atomic mass is 9.89. The zero-order chi connectivity index (χ0) is 20.2. The molecule has 0 saturated carbocycles. The molecule has 1 saturated heterocycles. The summed E-state index contributed by atoms with van der Waals surface area (Å²) in [6.45, 7) is 2.78. The molecule has 0 unspecified atom stereocenters. The number of benzene rings is 1. The second kappa shape index (κ2) is 8.36. The number of carbonyl (C=O) groups excluding carboxylic acids is 1. The topological polar surface area (TPSA) is 111 Å². The van der Waals surface area contributed by atoms with Crippen molar-refractivity contribution in [1.29, 1.82) is 0 Å². The fourth-order valence-corrected chi connectivity index (χ4v) is 3.96. The lowest BCUT2D eigenvalue weighted by Gasteiger charge is -2.33. The van der Waals surface area contributed by atoms with Gasteiger partial charge in [0.25, 0.3) is 0 Å². The summed E-state index contributed by atoms with van der Waals surface area (Å²) in [5.74, 6) is 0.0437. The Morgan fingerprint density at radius 2 is 2.10 bits per heavy atom. The Balaban J connectivity index is 1.63. The van der Waals surface area contributed by atoms with Gasteiger partial charge in [0, 0.05) is 48.7 Å². The molecule has 4 N–H and O–H groups in total. The third-order valence-corrected chi connectivity index (χ3v) is 5.32. The summed E-state index contributed by atoms with van der Waals surface area (Å²) in [5.41, 5.74) is 15.7. The van der Waals surface area contributed by atoms with Crippen LogP contribution in [0.3, 0.4) is 0 Å². The monoisotopic (exact) mass is 388 g/mol. The van der Waals surface area contributed by atoms with Crippen LogP contribution < -0.4 is 11.5 Å². The molecule has 1 aliphatic heterocycles. The molecule has 29 heavy (non-hydrogen) atoms. The predicted molar refractivity (Wildman–Crippen MR) is 112 cm³/mol. The van der Waals surface area contributed by atoms with E-state index in [0.717, 1.165) is 49.3 Å². The van der Waals surface area contributed by atoms with Crippen LogP contribution in [-0.4, -0.2) is 38.8 Å². The van der Waals surface area contributed by atoms with Gasteiger partial charge in [0.1, 0.15) is 0 Å². The highest BCUT2D eigenvalue weighted by Gasteiger charge is 2.26. The minimum Gasteiger partial charge on any atom is -0.368 e. The fourth-order valence-electron chi connectivity index (χ4n) is 3.96. The Hall–Kier alpha value is -3.32. The first-order chi connectivity index (χ1) is 14.1. The molecule has 0 bridgehead atoms. The highest BCUT2D eigenvalue weighted by molar-refractivity contribution is 5.94. The summed E-state index contributed by atoms with van der Waals surface area (Å²) in [4.78, 5) is 27.0. The maximum Gasteiger partial charge on any atom is 0.248 e. The van der Waals surface area contributed by atoms with Gasteiger partial charge in [-0.25, -0.2) is 9.97 Å². The van der Waals surface area contributed by atoms with Gasteiger partial charge < -0.3 is 11.5 Å². The Bertz CT molecular complexity index is 1010. The van der Waals surface area contributed by atoms with Gasteiger partial charge in [0.15, 0.2) is 0 Å². The van der Waals surface area contributed by atoms with E-state index in [1.54, 1.807) is 24.5 Å². The summed E-state index contributed by atoms with van der Waals surface area (Å²) in [7, 11) is 0.